The van der Waals surface area contributed by atoms with Gasteiger partial charge in [0.2, 0.25) is 0 Å². The summed E-state index contributed by atoms with van der Waals surface area (Å²) in [5, 5.41) is 0. The highest BCUT2D eigenvalue weighted by Gasteiger charge is 2.04. The second kappa shape index (κ2) is 6.14. The molecule has 0 aromatic heterocycles. The number of carbonyl (C=O) groups excluding carboxylic acids is 1. The Morgan fingerprint density at radius 2 is 2.07 bits per heavy atom. The summed E-state index contributed by atoms with van der Waals surface area (Å²) in [5.41, 5.74) is 2.30. The number of aldehydes is 1. The quantitative estimate of drug-likeness (QED) is 0.522. The summed E-state index contributed by atoms with van der Waals surface area (Å²) < 4.78 is 0. The highest BCUT2D eigenvalue weighted by molar-refractivity contribution is 5.52. The fraction of sp³-hybridized carbons (Fsp3) is 0.308. The topological polar surface area (TPSA) is 20.3 Å². The van der Waals surface area contributed by atoms with Crippen molar-refractivity contribution in [3.63, 3.8) is 0 Å². The molecule has 80 valence electrons. The van der Waals surface area contributed by atoms with E-state index in [4.69, 9.17) is 0 Å². The van der Waals surface area contributed by atoms with Crippen molar-refractivity contribution in [1.82, 2.24) is 4.90 Å². The molecule has 0 aliphatic rings. The van der Waals surface area contributed by atoms with Crippen LogP contribution in [0.1, 0.15) is 12.5 Å². The van der Waals surface area contributed by atoms with Gasteiger partial charge in [-0.2, -0.15) is 0 Å². The second-order valence-corrected chi connectivity index (χ2v) is 3.78. The van der Waals surface area contributed by atoms with Gasteiger partial charge in [0, 0.05) is 13.1 Å². The first-order chi connectivity index (χ1) is 7.22. The van der Waals surface area contributed by atoms with Gasteiger partial charge in [0.1, 0.15) is 6.29 Å². The molecule has 0 bridgehead atoms. The van der Waals surface area contributed by atoms with Crippen molar-refractivity contribution in [2.75, 3.05) is 13.1 Å². The summed E-state index contributed by atoms with van der Waals surface area (Å²) in [6, 6.07) is 10.1. The summed E-state index contributed by atoms with van der Waals surface area (Å²) in [7, 11) is 0. The van der Waals surface area contributed by atoms with Gasteiger partial charge in [-0.05, 0) is 12.5 Å². The van der Waals surface area contributed by atoms with Crippen molar-refractivity contribution in [2.24, 2.45) is 0 Å². The third-order valence-corrected chi connectivity index (χ3v) is 2.08. The lowest BCUT2D eigenvalue weighted by Crippen LogP contribution is -2.26. The Balaban J connectivity index is 2.58. The van der Waals surface area contributed by atoms with E-state index in [9.17, 15) is 4.79 Å². The van der Waals surface area contributed by atoms with Crippen LogP contribution in [0, 0.1) is 0 Å². The van der Waals surface area contributed by atoms with E-state index in [1.807, 2.05) is 25.1 Å². The molecule has 2 nitrogen and oxygen atoms in total. The summed E-state index contributed by atoms with van der Waals surface area (Å²) in [6.07, 6.45) is 0.936. The van der Waals surface area contributed by atoms with E-state index in [0.717, 1.165) is 24.9 Å². The van der Waals surface area contributed by atoms with E-state index < -0.39 is 0 Å². The molecule has 0 saturated carbocycles. The molecular formula is C13H17NO. The molecule has 0 N–H and O–H groups in total. The molecule has 0 heterocycles. The van der Waals surface area contributed by atoms with Crippen molar-refractivity contribution in [2.45, 2.75) is 13.5 Å². The minimum atomic E-state index is 0.460. The monoisotopic (exact) mass is 203 g/mol. The van der Waals surface area contributed by atoms with Crippen molar-refractivity contribution < 1.29 is 4.79 Å². The predicted molar refractivity (Wildman–Crippen MR) is 62.6 cm³/mol. The molecule has 0 amide bonds. The lowest BCUT2D eigenvalue weighted by Gasteiger charge is -2.19. The highest BCUT2D eigenvalue weighted by Crippen LogP contribution is 2.05. The molecule has 0 saturated heterocycles. The Hall–Kier alpha value is -1.41. The van der Waals surface area contributed by atoms with Gasteiger partial charge >= 0.3 is 0 Å². The lowest BCUT2D eigenvalue weighted by molar-refractivity contribution is -0.108. The molecule has 0 spiro atoms. The van der Waals surface area contributed by atoms with Crippen LogP contribution in [-0.4, -0.2) is 24.3 Å². The Morgan fingerprint density at radius 3 is 2.60 bits per heavy atom. The zero-order chi connectivity index (χ0) is 11.1. The number of hydrogen-bond acceptors (Lipinski definition) is 2. The van der Waals surface area contributed by atoms with Crippen LogP contribution in [0.3, 0.4) is 0 Å². The fourth-order valence-corrected chi connectivity index (χ4v) is 1.51. The van der Waals surface area contributed by atoms with Crippen molar-refractivity contribution in [3.05, 3.63) is 48.0 Å². The molecule has 0 aliphatic carbocycles. The van der Waals surface area contributed by atoms with Crippen molar-refractivity contribution in [3.8, 4) is 0 Å². The van der Waals surface area contributed by atoms with Crippen LogP contribution in [0.25, 0.3) is 0 Å². The predicted octanol–water partition coefficient (Wildman–Crippen LogP) is 2.26. The molecule has 1 aromatic rings. The maximum atomic E-state index is 10.5. The van der Waals surface area contributed by atoms with Gasteiger partial charge in [-0.1, -0.05) is 42.5 Å². The van der Waals surface area contributed by atoms with Crippen molar-refractivity contribution >= 4 is 6.29 Å². The van der Waals surface area contributed by atoms with E-state index in [1.54, 1.807) is 0 Å². The summed E-state index contributed by atoms with van der Waals surface area (Å²) in [5.74, 6) is 0. The fourth-order valence-electron chi connectivity index (χ4n) is 1.51. The van der Waals surface area contributed by atoms with Gasteiger partial charge in [-0.15, -0.1) is 0 Å². The van der Waals surface area contributed by atoms with Gasteiger partial charge in [-0.25, -0.2) is 0 Å². The van der Waals surface area contributed by atoms with Gasteiger partial charge in [0.15, 0.2) is 0 Å². The van der Waals surface area contributed by atoms with E-state index in [-0.39, 0.29) is 0 Å². The Kier molecular flexibility index (Phi) is 4.78. The second-order valence-electron chi connectivity index (χ2n) is 3.78. The molecule has 0 unspecified atom stereocenters. The first-order valence-corrected chi connectivity index (χ1v) is 5.06. The molecule has 0 aliphatic heterocycles. The van der Waals surface area contributed by atoms with Gasteiger partial charge < -0.3 is 4.79 Å². The highest BCUT2D eigenvalue weighted by atomic mass is 16.1. The standard InChI is InChI=1S/C13H17NO/c1-12(2)10-14(8-9-15)11-13-6-4-3-5-7-13/h3-7,9H,1,8,10-11H2,2H3. The van der Waals surface area contributed by atoms with Crippen LogP contribution in [0.4, 0.5) is 0 Å². The summed E-state index contributed by atoms with van der Waals surface area (Å²) in [4.78, 5) is 12.6. The molecule has 1 rings (SSSR count). The van der Waals surface area contributed by atoms with E-state index in [0.29, 0.717) is 6.54 Å². The first-order valence-electron chi connectivity index (χ1n) is 5.06. The maximum absolute atomic E-state index is 10.5. The Morgan fingerprint density at radius 1 is 1.40 bits per heavy atom. The van der Waals surface area contributed by atoms with Gasteiger partial charge in [-0.3, -0.25) is 4.90 Å². The largest absolute Gasteiger partial charge is 0.302 e. The van der Waals surface area contributed by atoms with Crippen LogP contribution in [0.2, 0.25) is 0 Å². The molecule has 15 heavy (non-hydrogen) atoms. The first kappa shape index (κ1) is 11.7. The Bertz CT molecular complexity index is 319. The number of benzene rings is 1. The third kappa shape index (κ3) is 4.56. The van der Waals surface area contributed by atoms with Crippen LogP contribution in [0.15, 0.2) is 42.5 Å². The normalized spacial score (nSPS) is 10.3. The van der Waals surface area contributed by atoms with Crippen LogP contribution < -0.4 is 0 Å². The molecule has 0 fully saturated rings. The Labute approximate surface area is 91.2 Å². The van der Waals surface area contributed by atoms with Crippen molar-refractivity contribution in [1.29, 1.82) is 0 Å². The van der Waals surface area contributed by atoms with E-state index in [2.05, 4.69) is 23.6 Å². The zero-order valence-corrected chi connectivity index (χ0v) is 9.15. The molecular weight excluding hydrogens is 186 g/mol. The molecule has 0 atom stereocenters. The molecule has 1 aromatic carbocycles. The number of carbonyl (C=O) groups is 1. The zero-order valence-electron chi connectivity index (χ0n) is 9.15. The summed E-state index contributed by atoms with van der Waals surface area (Å²) in [6.45, 7) is 7.87. The third-order valence-electron chi connectivity index (χ3n) is 2.08. The van der Waals surface area contributed by atoms with Crippen LogP contribution in [-0.2, 0) is 11.3 Å². The van der Waals surface area contributed by atoms with Gasteiger partial charge in [0.05, 0.1) is 6.54 Å². The smallest absolute Gasteiger partial charge is 0.134 e. The average Bonchev–Trinajstić information content (AvgIpc) is 2.18. The van der Waals surface area contributed by atoms with Gasteiger partial charge in [0.25, 0.3) is 0 Å². The van der Waals surface area contributed by atoms with E-state index >= 15 is 0 Å². The minimum Gasteiger partial charge on any atom is -0.302 e. The minimum absolute atomic E-state index is 0.460. The molecule has 2 heteroatoms. The number of hydrogen-bond donors (Lipinski definition) is 0. The summed E-state index contributed by atoms with van der Waals surface area (Å²) >= 11 is 0. The molecule has 0 radical (unpaired) electrons. The lowest BCUT2D eigenvalue weighted by atomic mass is 10.2. The van der Waals surface area contributed by atoms with Crippen LogP contribution in [0.5, 0.6) is 0 Å². The van der Waals surface area contributed by atoms with E-state index in [1.165, 1.54) is 5.56 Å². The number of rotatable bonds is 6. The average molecular weight is 203 g/mol. The SMILES string of the molecule is C=C(C)CN(CC=O)Cc1ccccc1. The number of nitrogens with zero attached hydrogens (tertiary/aromatic N) is 1. The van der Waals surface area contributed by atoms with Crippen LogP contribution >= 0.6 is 0 Å². The maximum Gasteiger partial charge on any atom is 0.134 e.